The lowest BCUT2D eigenvalue weighted by molar-refractivity contribution is 0.0990. The van der Waals surface area contributed by atoms with Crippen molar-refractivity contribution in [3.8, 4) is 0 Å². The van der Waals surface area contributed by atoms with E-state index in [-0.39, 0.29) is 5.76 Å². The Morgan fingerprint density at radius 1 is 1.45 bits per heavy atom. The first-order valence-electron chi connectivity index (χ1n) is 5.41. The van der Waals surface area contributed by atoms with Gasteiger partial charge in [0.15, 0.2) is 4.34 Å². The number of anilines is 1. The van der Waals surface area contributed by atoms with E-state index in [4.69, 9.17) is 4.52 Å². The average Bonchev–Trinajstić information content (AvgIpc) is 3.04. The number of hydrogen-bond donors (Lipinski definition) is 1. The Hall–Kier alpha value is -1.45. The Morgan fingerprint density at radius 3 is 3.05 bits per heavy atom. The predicted octanol–water partition coefficient (Wildman–Crippen LogP) is 3.42. The van der Waals surface area contributed by atoms with Crippen LogP contribution < -0.4 is 5.32 Å². The monoisotopic (exact) mass is 370 g/mol. The maximum atomic E-state index is 12.1. The van der Waals surface area contributed by atoms with Crippen molar-refractivity contribution in [2.24, 2.45) is 0 Å². The lowest BCUT2D eigenvalue weighted by Crippen LogP contribution is -2.11. The third kappa shape index (κ3) is 2.56. The maximum absolute atomic E-state index is 12.1. The molecule has 3 aromatic rings. The molecular formula is C11H7BrN4O2S2. The summed E-state index contributed by atoms with van der Waals surface area (Å²) in [6, 6.07) is 5.39. The molecule has 0 unspecified atom stereocenters. The number of hydrogen-bond acceptors (Lipinski definition) is 7. The molecule has 0 fully saturated rings. The molecule has 0 aliphatic rings. The number of amides is 1. The van der Waals surface area contributed by atoms with Crippen molar-refractivity contribution in [2.75, 3.05) is 11.6 Å². The molecule has 3 rings (SSSR count). The van der Waals surface area contributed by atoms with Crippen LogP contribution in [-0.2, 0) is 0 Å². The summed E-state index contributed by atoms with van der Waals surface area (Å²) in [5, 5.41) is 15.4. The van der Waals surface area contributed by atoms with Crippen molar-refractivity contribution < 1.29 is 9.32 Å². The highest BCUT2D eigenvalue weighted by atomic mass is 79.9. The zero-order valence-corrected chi connectivity index (χ0v) is 13.3. The fraction of sp³-hybridized carbons (Fsp3) is 0.0909. The Labute approximate surface area is 130 Å². The zero-order chi connectivity index (χ0) is 14.1. The summed E-state index contributed by atoms with van der Waals surface area (Å²) in [6.07, 6.45) is 1.90. The largest absolute Gasteiger partial charge is 0.350 e. The number of nitrogens with one attached hydrogen (secondary N) is 1. The van der Waals surface area contributed by atoms with Gasteiger partial charge in [-0.2, -0.15) is 0 Å². The standard InChI is InChI=1S/C11H7BrN4O2S2/c1-19-11-15-14-10(20-11)13-9(17)8-6-3-2-5(12)4-7(6)16-18-8/h2-4H,1H3,(H,13,14,17). The number of benzene rings is 1. The van der Waals surface area contributed by atoms with Crippen LogP contribution in [0.5, 0.6) is 0 Å². The Kier molecular flexibility index (Phi) is 3.72. The molecule has 1 aromatic carbocycles. The Morgan fingerprint density at radius 2 is 2.30 bits per heavy atom. The van der Waals surface area contributed by atoms with Crippen molar-refractivity contribution in [1.29, 1.82) is 0 Å². The van der Waals surface area contributed by atoms with Crippen molar-refractivity contribution in [3.05, 3.63) is 28.4 Å². The highest BCUT2D eigenvalue weighted by Gasteiger charge is 2.18. The molecule has 2 heterocycles. The molecule has 0 saturated heterocycles. The number of aromatic nitrogens is 3. The third-order valence-corrected chi connectivity index (χ3v) is 4.75. The van der Waals surface area contributed by atoms with E-state index in [2.05, 4.69) is 36.6 Å². The summed E-state index contributed by atoms with van der Waals surface area (Å²) in [6.45, 7) is 0. The normalized spacial score (nSPS) is 10.9. The maximum Gasteiger partial charge on any atom is 0.296 e. The molecule has 0 radical (unpaired) electrons. The second-order valence-electron chi connectivity index (χ2n) is 3.70. The van der Waals surface area contributed by atoms with Crippen molar-refractivity contribution in [2.45, 2.75) is 4.34 Å². The molecule has 0 atom stereocenters. The van der Waals surface area contributed by atoms with Gasteiger partial charge >= 0.3 is 0 Å². The highest BCUT2D eigenvalue weighted by molar-refractivity contribution is 9.10. The lowest BCUT2D eigenvalue weighted by Gasteiger charge is -1.96. The van der Waals surface area contributed by atoms with Gasteiger partial charge in [0.2, 0.25) is 10.9 Å². The number of fused-ring (bicyclic) bond motifs is 1. The summed E-state index contributed by atoms with van der Waals surface area (Å²) in [4.78, 5) is 12.1. The van der Waals surface area contributed by atoms with E-state index in [0.29, 0.717) is 16.0 Å². The minimum absolute atomic E-state index is 0.161. The first kappa shape index (κ1) is 13.5. The van der Waals surface area contributed by atoms with Crippen LogP contribution in [0.3, 0.4) is 0 Å². The first-order valence-corrected chi connectivity index (χ1v) is 8.24. The number of rotatable bonds is 3. The minimum Gasteiger partial charge on any atom is -0.350 e. The number of halogens is 1. The van der Waals surface area contributed by atoms with Crippen LogP contribution >= 0.6 is 39.0 Å². The van der Waals surface area contributed by atoms with Gasteiger partial charge in [-0.15, -0.1) is 10.2 Å². The van der Waals surface area contributed by atoms with E-state index in [0.717, 1.165) is 8.81 Å². The molecule has 0 spiro atoms. The number of carbonyl (C=O) groups excluding carboxylic acids is 1. The summed E-state index contributed by atoms with van der Waals surface area (Å²) in [7, 11) is 0. The topological polar surface area (TPSA) is 80.9 Å². The molecule has 1 amide bonds. The van der Waals surface area contributed by atoms with Crippen LogP contribution in [0.25, 0.3) is 10.9 Å². The fourth-order valence-electron chi connectivity index (χ4n) is 1.58. The van der Waals surface area contributed by atoms with Gasteiger partial charge in [0.05, 0.1) is 5.39 Å². The van der Waals surface area contributed by atoms with E-state index in [1.807, 2.05) is 12.3 Å². The molecular weight excluding hydrogens is 364 g/mol. The average molecular weight is 371 g/mol. The molecule has 9 heteroatoms. The SMILES string of the molecule is CSc1nnc(NC(=O)c2onc3cc(Br)ccc23)s1. The van der Waals surface area contributed by atoms with Crippen molar-refractivity contribution in [1.82, 2.24) is 15.4 Å². The van der Waals surface area contributed by atoms with Gasteiger partial charge in [0, 0.05) is 4.47 Å². The Bertz CT molecular complexity index is 786. The molecule has 0 saturated carbocycles. The van der Waals surface area contributed by atoms with Gasteiger partial charge in [-0.3, -0.25) is 10.1 Å². The van der Waals surface area contributed by atoms with Crippen molar-refractivity contribution in [3.63, 3.8) is 0 Å². The van der Waals surface area contributed by atoms with E-state index in [9.17, 15) is 4.79 Å². The molecule has 0 aliphatic carbocycles. The fourth-order valence-corrected chi connectivity index (χ4v) is 3.09. The molecule has 1 N–H and O–H groups in total. The van der Waals surface area contributed by atoms with Gasteiger partial charge < -0.3 is 4.52 Å². The van der Waals surface area contributed by atoms with Crippen LogP contribution in [0, 0.1) is 0 Å². The molecule has 0 bridgehead atoms. The summed E-state index contributed by atoms with van der Waals surface area (Å²) in [5.74, 6) is -0.230. The number of nitrogens with zero attached hydrogens (tertiary/aromatic N) is 3. The van der Waals surface area contributed by atoms with Gasteiger partial charge in [-0.1, -0.05) is 44.2 Å². The van der Waals surface area contributed by atoms with E-state index in [1.165, 1.54) is 23.1 Å². The zero-order valence-electron chi connectivity index (χ0n) is 10.1. The third-order valence-electron chi connectivity index (χ3n) is 2.45. The molecule has 20 heavy (non-hydrogen) atoms. The van der Waals surface area contributed by atoms with E-state index < -0.39 is 5.91 Å². The quantitative estimate of drug-likeness (QED) is 0.561. The Balaban J connectivity index is 1.88. The predicted molar refractivity (Wildman–Crippen MR) is 81.4 cm³/mol. The smallest absolute Gasteiger partial charge is 0.296 e. The van der Waals surface area contributed by atoms with E-state index in [1.54, 1.807) is 12.1 Å². The van der Waals surface area contributed by atoms with Crippen LogP contribution in [0.4, 0.5) is 5.13 Å². The summed E-state index contributed by atoms with van der Waals surface area (Å²) in [5.41, 5.74) is 0.617. The number of carbonyl (C=O) groups is 1. The molecule has 0 aliphatic heterocycles. The van der Waals surface area contributed by atoms with E-state index >= 15 is 0 Å². The molecule has 102 valence electrons. The van der Waals surface area contributed by atoms with Crippen LogP contribution in [0.15, 0.2) is 31.5 Å². The van der Waals surface area contributed by atoms with Gasteiger partial charge in [-0.25, -0.2) is 0 Å². The second kappa shape index (κ2) is 5.51. The molecule has 2 aromatic heterocycles. The second-order valence-corrected chi connectivity index (χ2v) is 6.65. The van der Waals surface area contributed by atoms with Gasteiger partial charge in [-0.05, 0) is 24.5 Å². The van der Waals surface area contributed by atoms with Gasteiger partial charge in [0.25, 0.3) is 5.91 Å². The van der Waals surface area contributed by atoms with Crippen LogP contribution in [-0.4, -0.2) is 27.5 Å². The number of thioether (sulfide) groups is 1. The highest BCUT2D eigenvalue weighted by Crippen LogP contribution is 2.26. The van der Waals surface area contributed by atoms with Gasteiger partial charge in [0.1, 0.15) is 5.52 Å². The van der Waals surface area contributed by atoms with Crippen LogP contribution in [0.2, 0.25) is 0 Å². The minimum atomic E-state index is -0.390. The van der Waals surface area contributed by atoms with Crippen LogP contribution in [0.1, 0.15) is 10.6 Å². The lowest BCUT2D eigenvalue weighted by atomic mass is 10.2. The molecule has 6 nitrogen and oxygen atoms in total. The van der Waals surface area contributed by atoms with Crippen molar-refractivity contribution >= 4 is 61.0 Å². The summed E-state index contributed by atoms with van der Waals surface area (Å²) < 4.78 is 6.76. The summed E-state index contributed by atoms with van der Waals surface area (Å²) >= 11 is 6.12. The first-order chi connectivity index (χ1) is 9.67.